The van der Waals surface area contributed by atoms with Crippen molar-refractivity contribution in [2.75, 3.05) is 24.6 Å². The number of benzene rings is 1. The molecule has 1 saturated heterocycles. The van der Waals surface area contributed by atoms with Gasteiger partial charge in [0.25, 0.3) is 0 Å². The zero-order valence-corrected chi connectivity index (χ0v) is 17.2. The van der Waals surface area contributed by atoms with Gasteiger partial charge in [-0.25, -0.2) is 9.67 Å². The van der Waals surface area contributed by atoms with Crippen LogP contribution in [0.5, 0.6) is 0 Å². The number of piperidine rings is 1. The zero-order valence-electron chi connectivity index (χ0n) is 17.2. The number of hydrogen-bond donors (Lipinski definition) is 2. The SMILES string of the molecule is CC(C)C(=O)N1CCC(c2cc(-c3ccc(N)cc3)c3c(N)nn(C)c3n2)CC1. The first-order valence-electron chi connectivity index (χ1n) is 10.1. The van der Waals surface area contributed by atoms with E-state index in [9.17, 15) is 4.79 Å². The van der Waals surface area contributed by atoms with Crippen LogP contribution < -0.4 is 11.5 Å². The first-order valence-corrected chi connectivity index (χ1v) is 10.1. The maximum atomic E-state index is 12.3. The summed E-state index contributed by atoms with van der Waals surface area (Å²) < 4.78 is 1.74. The number of nitrogens with zero attached hydrogens (tertiary/aromatic N) is 4. The molecule has 0 aliphatic carbocycles. The molecule has 0 unspecified atom stereocenters. The number of carbonyl (C=O) groups excluding carboxylic acids is 1. The van der Waals surface area contributed by atoms with Gasteiger partial charge in [-0.05, 0) is 42.2 Å². The third-order valence-electron chi connectivity index (χ3n) is 5.78. The maximum absolute atomic E-state index is 12.3. The van der Waals surface area contributed by atoms with E-state index in [0.717, 1.165) is 59.5 Å². The van der Waals surface area contributed by atoms with Gasteiger partial charge >= 0.3 is 0 Å². The van der Waals surface area contributed by atoms with Gasteiger partial charge in [0.15, 0.2) is 11.5 Å². The number of aryl methyl sites for hydroxylation is 1. The Labute approximate surface area is 170 Å². The van der Waals surface area contributed by atoms with Crippen molar-refractivity contribution < 1.29 is 4.79 Å². The number of pyridine rings is 1. The summed E-state index contributed by atoms with van der Waals surface area (Å²) in [4.78, 5) is 19.2. The van der Waals surface area contributed by atoms with Crippen LogP contribution in [0.4, 0.5) is 11.5 Å². The highest BCUT2D eigenvalue weighted by molar-refractivity contribution is 6.00. The Balaban J connectivity index is 1.72. The summed E-state index contributed by atoms with van der Waals surface area (Å²) >= 11 is 0. The molecule has 3 aromatic rings. The van der Waals surface area contributed by atoms with Gasteiger partial charge < -0.3 is 16.4 Å². The number of hydrogen-bond acceptors (Lipinski definition) is 5. The second-order valence-corrected chi connectivity index (χ2v) is 8.18. The molecular weight excluding hydrogens is 364 g/mol. The molecule has 1 aliphatic heterocycles. The van der Waals surface area contributed by atoms with Crippen LogP contribution in [0.15, 0.2) is 30.3 Å². The molecule has 4 N–H and O–H groups in total. The smallest absolute Gasteiger partial charge is 0.225 e. The van der Waals surface area contributed by atoms with Crippen molar-refractivity contribution in [3.8, 4) is 11.1 Å². The van der Waals surface area contributed by atoms with Crippen molar-refractivity contribution in [1.29, 1.82) is 0 Å². The fourth-order valence-corrected chi connectivity index (χ4v) is 4.16. The topological polar surface area (TPSA) is 103 Å². The quantitative estimate of drug-likeness (QED) is 0.667. The van der Waals surface area contributed by atoms with Crippen LogP contribution in [0.3, 0.4) is 0 Å². The van der Waals surface area contributed by atoms with Crippen molar-refractivity contribution >= 4 is 28.4 Å². The number of likely N-dealkylation sites (tertiary alicyclic amines) is 1. The van der Waals surface area contributed by atoms with E-state index in [4.69, 9.17) is 16.5 Å². The van der Waals surface area contributed by atoms with E-state index in [-0.39, 0.29) is 11.8 Å². The van der Waals surface area contributed by atoms with Gasteiger partial charge in [-0.1, -0.05) is 26.0 Å². The monoisotopic (exact) mass is 392 g/mol. The lowest BCUT2D eigenvalue weighted by Gasteiger charge is -2.33. The van der Waals surface area contributed by atoms with Crippen LogP contribution in [-0.4, -0.2) is 38.7 Å². The summed E-state index contributed by atoms with van der Waals surface area (Å²) in [6.45, 7) is 5.45. The van der Waals surface area contributed by atoms with Crippen LogP contribution in [0, 0.1) is 5.92 Å². The second kappa shape index (κ2) is 7.39. The minimum atomic E-state index is 0.0376. The van der Waals surface area contributed by atoms with Crippen molar-refractivity contribution in [1.82, 2.24) is 19.7 Å². The highest BCUT2D eigenvalue weighted by atomic mass is 16.2. The van der Waals surface area contributed by atoms with Crippen LogP contribution >= 0.6 is 0 Å². The van der Waals surface area contributed by atoms with Crippen LogP contribution in [0.1, 0.15) is 38.3 Å². The lowest BCUT2D eigenvalue weighted by atomic mass is 9.90. The molecule has 1 fully saturated rings. The average molecular weight is 393 g/mol. The van der Waals surface area contributed by atoms with E-state index in [1.807, 2.05) is 50.1 Å². The number of anilines is 2. The Morgan fingerprint density at radius 3 is 2.41 bits per heavy atom. The largest absolute Gasteiger partial charge is 0.399 e. The molecule has 1 amide bonds. The van der Waals surface area contributed by atoms with Gasteiger partial charge in [0.2, 0.25) is 5.91 Å². The predicted molar refractivity (Wildman–Crippen MR) is 116 cm³/mol. The Kier molecular flexibility index (Phi) is 4.90. The van der Waals surface area contributed by atoms with E-state index >= 15 is 0 Å². The summed E-state index contributed by atoms with van der Waals surface area (Å²) in [5.74, 6) is 1.05. The second-order valence-electron chi connectivity index (χ2n) is 8.18. The number of nitrogen functional groups attached to an aromatic ring is 2. The first-order chi connectivity index (χ1) is 13.8. The Bertz CT molecular complexity index is 1050. The Hall–Kier alpha value is -3.09. The van der Waals surface area contributed by atoms with E-state index < -0.39 is 0 Å². The molecule has 0 spiro atoms. The number of carbonyl (C=O) groups is 1. The van der Waals surface area contributed by atoms with Crippen molar-refractivity contribution in [3.63, 3.8) is 0 Å². The standard InChI is InChI=1S/C22H28N6O/c1-13(2)22(29)28-10-8-15(9-11-28)18-12-17(14-4-6-16(23)7-5-14)19-20(24)26-27(3)21(19)25-18/h4-7,12-13,15H,8-11,23H2,1-3H3,(H2,24,26). The highest BCUT2D eigenvalue weighted by Gasteiger charge is 2.27. The van der Waals surface area contributed by atoms with Gasteiger partial charge in [0.05, 0.1) is 5.39 Å². The Morgan fingerprint density at radius 1 is 1.14 bits per heavy atom. The first kappa shape index (κ1) is 19.2. The van der Waals surface area contributed by atoms with Crippen LogP contribution in [0.25, 0.3) is 22.2 Å². The normalized spacial score (nSPS) is 15.4. The summed E-state index contributed by atoms with van der Waals surface area (Å²) in [5, 5.41) is 5.26. The summed E-state index contributed by atoms with van der Waals surface area (Å²) in [7, 11) is 1.87. The molecular formula is C22H28N6O. The molecule has 4 rings (SSSR count). The molecule has 0 atom stereocenters. The summed E-state index contributed by atoms with van der Waals surface area (Å²) in [5.41, 5.74) is 16.7. The third-order valence-corrected chi connectivity index (χ3v) is 5.78. The molecule has 3 heterocycles. The molecule has 0 bridgehead atoms. The minimum Gasteiger partial charge on any atom is -0.399 e. The van der Waals surface area contributed by atoms with E-state index in [1.165, 1.54) is 0 Å². The van der Waals surface area contributed by atoms with Gasteiger partial charge in [0.1, 0.15) is 0 Å². The fourth-order valence-electron chi connectivity index (χ4n) is 4.16. The molecule has 2 aromatic heterocycles. The van der Waals surface area contributed by atoms with Crippen LogP contribution in [-0.2, 0) is 11.8 Å². The molecule has 1 aliphatic rings. The molecule has 29 heavy (non-hydrogen) atoms. The average Bonchev–Trinajstić information content (AvgIpc) is 3.01. The summed E-state index contributed by atoms with van der Waals surface area (Å²) in [6.07, 6.45) is 1.82. The third kappa shape index (κ3) is 3.52. The van der Waals surface area contributed by atoms with Gasteiger partial charge in [-0.15, -0.1) is 0 Å². The number of aromatic nitrogens is 3. The van der Waals surface area contributed by atoms with Crippen molar-refractivity contribution in [2.45, 2.75) is 32.6 Å². The van der Waals surface area contributed by atoms with Crippen LogP contribution in [0.2, 0.25) is 0 Å². The van der Waals surface area contributed by atoms with E-state index in [1.54, 1.807) is 4.68 Å². The molecule has 7 nitrogen and oxygen atoms in total. The van der Waals surface area contributed by atoms with E-state index in [0.29, 0.717) is 11.7 Å². The Morgan fingerprint density at radius 2 is 1.79 bits per heavy atom. The molecule has 1 aromatic carbocycles. The van der Waals surface area contributed by atoms with Gasteiger partial charge in [-0.2, -0.15) is 5.10 Å². The summed E-state index contributed by atoms with van der Waals surface area (Å²) in [6, 6.07) is 9.93. The van der Waals surface area contributed by atoms with Gasteiger partial charge in [-0.3, -0.25) is 4.79 Å². The van der Waals surface area contributed by atoms with Crippen molar-refractivity contribution in [3.05, 3.63) is 36.0 Å². The molecule has 7 heteroatoms. The number of nitrogens with two attached hydrogens (primary N) is 2. The van der Waals surface area contributed by atoms with Gasteiger partial charge in [0, 0.05) is 43.4 Å². The number of amides is 1. The zero-order chi connectivity index (χ0) is 20.7. The molecule has 0 radical (unpaired) electrons. The highest BCUT2D eigenvalue weighted by Crippen LogP contribution is 2.36. The molecule has 152 valence electrons. The number of rotatable bonds is 3. The lowest BCUT2D eigenvalue weighted by molar-refractivity contribution is -0.135. The fraction of sp³-hybridized carbons (Fsp3) is 0.409. The molecule has 0 saturated carbocycles. The predicted octanol–water partition coefficient (Wildman–Crippen LogP) is 3.16. The minimum absolute atomic E-state index is 0.0376. The lowest BCUT2D eigenvalue weighted by Crippen LogP contribution is -2.40. The van der Waals surface area contributed by atoms with E-state index in [2.05, 4.69) is 11.2 Å². The maximum Gasteiger partial charge on any atom is 0.225 e. The van der Waals surface area contributed by atoms with Crippen molar-refractivity contribution in [2.24, 2.45) is 13.0 Å². The number of fused-ring (bicyclic) bond motifs is 1.